The van der Waals surface area contributed by atoms with Gasteiger partial charge in [-0.15, -0.1) is 0 Å². The van der Waals surface area contributed by atoms with Crippen LogP contribution >= 0.6 is 0 Å². The van der Waals surface area contributed by atoms with Crippen LogP contribution in [0.1, 0.15) is 0 Å². The van der Waals surface area contributed by atoms with Gasteiger partial charge in [-0.1, -0.05) is 0 Å². The molecule has 26 heavy (non-hydrogen) atoms. The molecule has 0 aromatic carbocycles. The zero-order valence-corrected chi connectivity index (χ0v) is 13.7. The predicted octanol–water partition coefficient (Wildman–Crippen LogP) is -3.70. The zero-order chi connectivity index (χ0) is 19.2. The molecule has 8 atom stereocenters. The number of carboxylic acids is 1. The van der Waals surface area contributed by atoms with Gasteiger partial charge in [-0.3, -0.25) is 4.55 Å². The maximum atomic E-state index is 11.0. The predicted molar refractivity (Wildman–Crippen MR) is 76.6 cm³/mol. The van der Waals surface area contributed by atoms with E-state index < -0.39 is 71.2 Å². The molecule has 0 unspecified atom stereocenters. The Bertz CT molecular complexity index is 694. The van der Waals surface area contributed by atoms with Gasteiger partial charge < -0.3 is 39.4 Å². The summed E-state index contributed by atoms with van der Waals surface area (Å²) in [5.74, 6) is -2.19. The smallest absolute Gasteiger partial charge is 0.371 e. The van der Waals surface area contributed by atoms with Gasteiger partial charge in [0.2, 0.25) is 12.0 Å². The van der Waals surface area contributed by atoms with Crippen LogP contribution in [0.3, 0.4) is 0 Å². The summed E-state index contributed by atoms with van der Waals surface area (Å²) in [5.41, 5.74) is 0. The normalized spacial score (nSPS) is 42.8. The molecule has 2 bridgehead atoms. The van der Waals surface area contributed by atoms with Crippen LogP contribution in [-0.4, -0.2) is 95.1 Å². The van der Waals surface area contributed by atoms with Crippen molar-refractivity contribution in [1.29, 1.82) is 0 Å². The van der Waals surface area contributed by atoms with Crippen LogP contribution in [0.25, 0.3) is 0 Å². The minimum atomic E-state index is -4.71. The number of aliphatic hydroxyl groups is 3. The van der Waals surface area contributed by atoms with Crippen LogP contribution in [0, 0.1) is 0 Å². The lowest BCUT2D eigenvalue weighted by atomic mass is 9.99. The highest BCUT2D eigenvalue weighted by Crippen LogP contribution is 2.32. The number of carboxylic acid groups (broad SMARTS) is 1. The van der Waals surface area contributed by atoms with E-state index in [-0.39, 0.29) is 6.61 Å². The first-order valence-electron chi connectivity index (χ1n) is 7.40. The molecule has 0 saturated carbocycles. The second kappa shape index (κ2) is 6.99. The molecule has 0 spiro atoms. The number of ether oxygens (including phenoxy) is 4. The van der Waals surface area contributed by atoms with E-state index in [0.29, 0.717) is 0 Å². The lowest BCUT2D eigenvalue weighted by Gasteiger charge is -2.40. The Hall–Kier alpha value is -1.36. The quantitative estimate of drug-likeness (QED) is 0.247. The fourth-order valence-corrected chi connectivity index (χ4v) is 3.48. The van der Waals surface area contributed by atoms with Crippen molar-refractivity contribution >= 4 is 16.3 Å². The van der Waals surface area contributed by atoms with Crippen molar-refractivity contribution in [3.8, 4) is 0 Å². The van der Waals surface area contributed by atoms with E-state index in [1.165, 1.54) is 0 Å². The molecule has 148 valence electrons. The molecule has 2 saturated heterocycles. The van der Waals surface area contributed by atoms with Gasteiger partial charge >= 0.3 is 16.3 Å². The number of rotatable bonds is 5. The molecule has 14 heteroatoms. The second-order valence-electron chi connectivity index (χ2n) is 5.89. The lowest BCUT2D eigenvalue weighted by Crippen LogP contribution is -2.62. The molecule has 0 radical (unpaired) electrons. The number of nitrogens with one attached hydrogen (secondary N) is 1. The Labute approximate surface area is 146 Å². The largest absolute Gasteiger partial charge is 0.475 e. The average Bonchev–Trinajstić information content (AvgIpc) is 2.97. The van der Waals surface area contributed by atoms with Gasteiger partial charge in [0.05, 0.1) is 6.61 Å². The van der Waals surface area contributed by atoms with Crippen molar-refractivity contribution in [2.24, 2.45) is 0 Å². The van der Waals surface area contributed by atoms with Crippen LogP contribution in [0.15, 0.2) is 11.8 Å². The molecule has 0 amide bonds. The summed E-state index contributed by atoms with van der Waals surface area (Å²) in [5, 5.41) is 39.0. The van der Waals surface area contributed by atoms with Crippen LogP contribution < -0.4 is 4.72 Å². The van der Waals surface area contributed by atoms with Gasteiger partial charge in [0.15, 0.2) is 6.29 Å². The summed E-state index contributed by atoms with van der Waals surface area (Å²) < 4.78 is 53.6. The molecule has 6 N–H and O–H groups in total. The van der Waals surface area contributed by atoms with Gasteiger partial charge in [-0.05, 0) is 6.08 Å². The van der Waals surface area contributed by atoms with Crippen LogP contribution in [0.4, 0.5) is 0 Å². The van der Waals surface area contributed by atoms with Crippen molar-refractivity contribution in [2.45, 2.75) is 49.1 Å². The number of fused-ring (bicyclic) bond motifs is 2. The van der Waals surface area contributed by atoms with E-state index >= 15 is 0 Å². The summed E-state index contributed by atoms with van der Waals surface area (Å²) in [6.45, 7) is -0.108. The van der Waals surface area contributed by atoms with Crippen molar-refractivity contribution < 1.29 is 57.1 Å². The molecule has 2 fully saturated rings. The Kier molecular flexibility index (Phi) is 5.22. The fourth-order valence-electron chi connectivity index (χ4n) is 2.89. The van der Waals surface area contributed by atoms with Crippen molar-refractivity contribution in [1.82, 2.24) is 4.72 Å². The molecular formula is C12H17NO12S. The highest BCUT2D eigenvalue weighted by atomic mass is 32.2. The first kappa shape index (κ1) is 19.4. The first-order valence-corrected chi connectivity index (χ1v) is 8.84. The summed E-state index contributed by atoms with van der Waals surface area (Å²) in [6.07, 6.45) is -9.20. The molecule has 3 heterocycles. The molecule has 0 aliphatic carbocycles. The first-order chi connectivity index (χ1) is 12.1. The third-order valence-corrected chi connectivity index (χ3v) is 4.65. The average molecular weight is 399 g/mol. The number of hydrogen-bond donors (Lipinski definition) is 6. The van der Waals surface area contributed by atoms with E-state index in [1.807, 2.05) is 0 Å². The Morgan fingerprint density at radius 3 is 2.58 bits per heavy atom. The summed E-state index contributed by atoms with van der Waals surface area (Å²) >= 11 is 0. The maximum Gasteiger partial charge on any atom is 0.371 e. The zero-order valence-electron chi connectivity index (χ0n) is 12.9. The molecule has 3 aliphatic rings. The molecule has 3 aliphatic heterocycles. The van der Waals surface area contributed by atoms with Crippen LogP contribution in [0.2, 0.25) is 0 Å². The Balaban J connectivity index is 1.78. The third kappa shape index (κ3) is 3.83. The van der Waals surface area contributed by atoms with Crippen LogP contribution in [-0.2, 0) is 34.0 Å². The fraction of sp³-hybridized carbons (Fsp3) is 0.750. The minimum absolute atomic E-state index is 0.108. The highest BCUT2D eigenvalue weighted by Gasteiger charge is 2.53. The van der Waals surface area contributed by atoms with E-state index in [4.69, 9.17) is 28.6 Å². The molecule has 0 aromatic rings. The number of aliphatic hydroxyl groups excluding tert-OH is 3. The Morgan fingerprint density at radius 2 is 1.96 bits per heavy atom. The maximum absolute atomic E-state index is 11.0. The molecule has 3 rings (SSSR count). The van der Waals surface area contributed by atoms with Crippen molar-refractivity contribution in [3.05, 3.63) is 11.8 Å². The molecule has 0 aromatic heterocycles. The number of hydrogen-bond acceptors (Lipinski definition) is 10. The lowest BCUT2D eigenvalue weighted by molar-refractivity contribution is -0.274. The number of carbonyl (C=O) groups is 1. The van der Waals surface area contributed by atoms with Crippen molar-refractivity contribution in [3.63, 3.8) is 0 Å². The van der Waals surface area contributed by atoms with Crippen LogP contribution in [0.5, 0.6) is 0 Å². The van der Waals surface area contributed by atoms with E-state index in [1.54, 1.807) is 4.72 Å². The summed E-state index contributed by atoms with van der Waals surface area (Å²) in [7, 11) is -4.71. The Morgan fingerprint density at radius 1 is 1.27 bits per heavy atom. The monoisotopic (exact) mass is 399 g/mol. The van der Waals surface area contributed by atoms with E-state index in [9.17, 15) is 28.5 Å². The summed E-state index contributed by atoms with van der Waals surface area (Å²) in [6, 6.07) is -1.44. The highest BCUT2D eigenvalue weighted by molar-refractivity contribution is 7.83. The minimum Gasteiger partial charge on any atom is -0.475 e. The summed E-state index contributed by atoms with van der Waals surface area (Å²) in [4.78, 5) is 11.0. The van der Waals surface area contributed by atoms with E-state index in [2.05, 4.69) is 0 Å². The van der Waals surface area contributed by atoms with E-state index in [0.717, 1.165) is 6.08 Å². The van der Waals surface area contributed by atoms with Crippen molar-refractivity contribution in [2.75, 3.05) is 6.61 Å². The van der Waals surface area contributed by atoms with Gasteiger partial charge in [0, 0.05) is 0 Å². The second-order valence-corrected chi connectivity index (χ2v) is 7.08. The topological polar surface area (TPSA) is 201 Å². The van der Waals surface area contributed by atoms with Gasteiger partial charge in [-0.25, -0.2) is 4.79 Å². The molecule has 13 nitrogen and oxygen atoms in total. The van der Waals surface area contributed by atoms with Gasteiger partial charge in [-0.2, -0.15) is 13.1 Å². The number of aliphatic carboxylic acids is 1. The van der Waals surface area contributed by atoms with Gasteiger partial charge in [0.1, 0.15) is 36.6 Å². The standard InChI is InChI=1S/C12H17NO12S/c14-3-1-4(10(17)18)23-12(7(3)15)25-9-5-2-22-11(24-5)6(8(9)16)13-26(19,20)21/h1,3,5-9,11-16H,2H2,(H,17,18)(H,19,20,21)/t3-,5+,6+,7+,8+,9+,11+,12-/m0/s1. The molecular weight excluding hydrogens is 382 g/mol. The SMILES string of the molecule is O=C(O)C1=C[C@H](O)[C@@H](O)[C@H](O[C@H]2[C@H](O)[C@@H](NS(=O)(=O)O)[C@@H]3OC[C@H]2O3)O1. The van der Waals surface area contributed by atoms with Gasteiger partial charge in [0.25, 0.3) is 0 Å². The third-order valence-electron chi connectivity index (χ3n) is 4.08.